The molecule has 0 aromatic heterocycles. The fourth-order valence-electron chi connectivity index (χ4n) is 2.78. The molecule has 1 fully saturated rings. The summed E-state index contributed by atoms with van der Waals surface area (Å²) < 4.78 is 11.8. The molecule has 4 heteroatoms. The summed E-state index contributed by atoms with van der Waals surface area (Å²) in [5.41, 5.74) is 1.23. The average Bonchev–Trinajstić information content (AvgIpc) is 2.82. The molecule has 0 radical (unpaired) electrons. The summed E-state index contributed by atoms with van der Waals surface area (Å²) in [5, 5.41) is 4.18. The van der Waals surface area contributed by atoms with Gasteiger partial charge < -0.3 is 14.8 Å². The third-order valence-electron chi connectivity index (χ3n) is 3.94. The molecule has 2 heterocycles. The van der Waals surface area contributed by atoms with Crippen molar-refractivity contribution in [3.63, 3.8) is 0 Å². The summed E-state index contributed by atoms with van der Waals surface area (Å²) in [6.07, 6.45) is 3.50. The minimum absolute atomic E-state index is 0.00944. The van der Waals surface area contributed by atoms with Gasteiger partial charge in [0.05, 0.1) is 18.2 Å². The summed E-state index contributed by atoms with van der Waals surface area (Å²) in [4.78, 5) is 0. The number of benzene rings is 1. The van der Waals surface area contributed by atoms with Gasteiger partial charge in [0.2, 0.25) is 0 Å². The van der Waals surface area contributed by atoms with E-state index in [0.29, 0.717) is 30.0 Å². The molecule has 0 bridgehead atoms. The van der Waals surface area contributed by atoms with Gasteiger partial charge in [-0.3, -0.25) is 0 Å². The van der Waals surface area contributed by atoms with Gasteiger partial charge in [0.1, 0.15) is 0 Å². The maximum Gasteiger partial charge on any atom is 0.179 e. The fraction of sp³-hybridized carbons (Fsp3) is 0.625. The standard InChI is InChI=1S/C16H22ClNO2/c1-16(2)9-19-14-8-11(6-12-4-3-5-18-12)7-13(17)15(14)20-10-16/h7-8,12,18H,3-6,9-10H2,1-2H3. The number of rotatable bonds is 2. The van der Waals surface area contributed by atoms with Gasteiger partial charge in [-0.25, -0.2) is 0 Å². The number of nitrogens with one attached hydrogen (secondary N) is 1. The molecule has 20 heavy (non-hydrogen) atoms. The summed E-state index contributed by atoms with van der Waals surface area (Å²) in [6.45, 7) is 6.67. The molecule has 0 amide bonds. The number of hydrogen-bond acceptors (Lipinski definition) is 3. The van der Waals surface area contributed by atoms with E-state index < -0.39 is 0 Å². The largest absolute Gasteiger partial charge is 0.489 e. The van der Waals surface area contributed by atoms with Crippen molar-refractivity contribution in [1.82, 2.24) is 5.32 Å². The molecule has 1 atom stereocenters. The highest BCUT2D eigenvalue weighted by molar-refractivity contribution is 6.32. The van der Waals surface area contributed by atoms with E-state index in [4.69, 9.17) is 21.1 Å². The molecule has 1 aromatic rings. The van der Waals surface area contributed by atoms with Gasteiger partial charge in [-0.1, -0.05) is 25.4 Å². The number of halogens is 1. The first kappa shape index (κ1) is 14.0. The van der Waals surface area contributed by atoms with Crippen LogP contribution in [0.2, 0.25) is 5.02 Å². The van der Waals surface area contributed by atoms with Crippen LogP contribution in [0.25, 0.3) is 0 Å². The van der Waals surface area contributed by atoms with Gasteiger partial charge in [0.15, 0.2) is 11.5 Å². The van der Waals surface area contributed by atoms with Crippen LogP contribution in [0, 0.1) is 5.41 Å². The van der Waals surface area contributed by atoms with Crippen LogP contribution in [0.4, 0.5) is 0 Å². The zero-order chi connectivity index (χ0) is 14.2. The van der Waals surface area contributed by atoms with Crippen LogP contribution < -0.4 is 14.8 Å². The summed E-state index contributed by atoms with van der Waals surface area (Å²) in [6, 6.07) is 4.66. The van der Waals surface area contributed by atoms with E-state index in [9.17, 15) is 0 Å². The Morgan fingerprint density at radius 3 is 2.85 bits per heavy atom. The lowest BCUT2D eigenvalue weighted by Gasteiger charge is -2.19. The zero-order valence-corrected chi connectivity index (χ0v) is 12.9. The highest BCUT2D eigenvalue weighted by Gasteiger charge is 2.27. The van der Waals surface area contributed by atoms with Crippen molar-refractivity contribution >= 4 is 11.6 Å². The van der Waals surface area contributed by atoms with Crippen molar-refractivity contribution in [3.8, 4) is 11.5 Å². The second-order valence-electron chi connectivity index (χ2n) is 6.64. The molecular weight excluding hydrogens is 274 g/mol. The van der Waals surface area contributed by atoms with Crippen LogP contribution in [0.1, 0.15) is 32.3 Å². The third-order valence-corrected chi connectivity index (χ3v) is 4.22. The topological polar surface area (TPSA) is 30.5 Å². The maximum atomic E-state index is 6.37. The molecule has 0 saturated carbocycles. The lowest BCUT2D eigenvalue weighted by molar-refractivity contribution is 0.140. The van der Waals surface area contributed by atoms with Crippen LogP contribution >= 0.6 is 11.6 Å². The summed E-state index contributed by atoms with van der Waals surface area (Å²) in [7, 11) is 0. The molecular formula is C16H22ClNO2. The van der Waals surface area contributed by atoms with E-state index in [0.717, 1.165) is 18.7 Å². The Bertz CT molecular complexity index is 495. The van der Waals surface area contributed by atoms with Gasteiger partial charge >= 0.3 is 0 Å². The zero-order valence-electron chi connectivity index (χ0n) is 12.2. The van der Waals surface area contributed by atoms with Gasteiger partial charge in [-0.15, -0.1) is 0 Å². The van der Waals surface area contributed by atoms with Gasteiger partial charge in [0, 0.05) is 11.5 Å². The van der Waals surface area contributed by atoms with Crippen molar-refractivity contribution in [2.45, 2.75) is 39.2 Å². The van der Waals surface area contributed by atoms with E-state index in [1.807, 2.05) is 6.07 Å². The highest BCUT2D eigenvalue weighted by atomic mass is 35.5. The van der Waals surface area contributed by atoms with Crippen LogP contribution in [-0.4, -0.2) is 25.8 Å². The number of hydrogen-bond donors (Lipinski definition) is 1. The second kappa shape index (κ2) is 5.45. The van der Waals surface area contributed by atoms with E-state index in [1.54, 1.807) is 0 Å². The Morgan fingerprint density at radius 1 is 1.30 bits per heavy atom. The summed E-state index contributed by atoms with van der Waals surface area (Å²) in [5.74, 6) is 1.48. The monoisotopic (exact) mass is 295 g/mol. The van der Waals surface area contributed by atoms with E-state index in [1.165, 1.54) is 18.4 Å². The lowest BCUT2D eigenvalue weighted by Crippen LogP contribution is -2.26. The van der Waals surface area contributed by atoms with Crippen LogP contribution in [0.5, 0.6) is 11.5 Å². The molecule has 1 N–H and O–H groups in total. The molecule has 2 aliphatic rings. The predicted molar refractivity (Wildman–Crippen MR) is 81.0 cm³/mol. The molecule has 0 aliphatic carbocycles. The molecule has 3 rings (SSSR count). The molecule has 1 aromatic carbocycles. The fourth-order valence-corrected chi connectivity index (χ4v) is 3.07. The Balaban J connectivity index is 1.82. The third kappa shape index (κ3) is 3.04. The summed E-state index contributed by atoms with van der Waals surface area (Å²) >= 11 is 6.37. The number of ether oxygens (including phenoxy) is 2. The van der Waals surface area contributed by atoms with E-state index in [2.05, 4.69) is 25.2 Å². The first-order chi connectivity index (χ1) is 9.53. The Morgan fingerprint density at radius 2 is 2.10 bits per heavy atom. The first-order valence-electron chi connectivity index (χ1n) is 7.35. The predicted octanol–water partition coefficient (Wildman–Crippen LogP) is 3.43. The Kier molecular flexibility index (Phi) is 3.83. The van der Waals surface area contributed by atoms with Crippen LogP contribution in [0.3, 0.4) is 0 Å². The van der Waals surface area contributed by atoms with Crippen molar-refractivity contribution in [2.75, 3.05) is 19.8 Å². The smallest absolute Gasteiger partial charge is 0.179 e. The molecule has 2 aliphatic heterocycles. The molecule has 0 spiro atoms. The van der Waals surface area contributed by atoms with Gasteiger partial charge in [0.25, 0.3) is 0 Å². The Labute approximate surface area is 125 Å². The second-order valence-corrected chi connectivity index (χ2v) is 7.05. The average molecular weight is 296 g/mol. The van der Waals surface area contributed by atoms with E-state index in [-0.39, 0.29) is 5.41 Å². The molecule has 1 unspecified atom stereocenters. The van der Waals surface area contributed by atoms with Crippen molar-refractivity contribution in [1.29, 1.82) is 0 Å². The molecule has 110 valence electrons. The van der Waals surface area contributed by atoms with Crippen molar-refractivity contribution < 1.29 is 9.47 Å². The van der Waals surface area contributed by atoms with Gasteiger partial charge in [-0.05, 0) is 43.5 Å². The van der Waals surface area contributed by atoms with Crippen molar-refractivity contribution in [3.05, 3.63) is 22.7 Å². The quantitative estimate of drug-likeness (QED) is 0.907. The maximum absolute atomic E-state index is 6.37. The van der Waals surface area contributed by atoms with Gasteiger partial charge in [-0.2, -0.15) is 0 Å². The molecule has 3 nitrogen and oxygen atoms in total. The minimum Gasteiger partial charge on any atom is -0.489 e. The van der Waals surface area contributed by atoms with Crippen LogP contribution in [-0.2, 0) is 6.42 Å². The van der Waals surface area contributed by atoms with Crippen molar-refractivity contribution in [2.24, 2.45) is 5.41 Å². The minimum atomic E-state index is 0.00944. The number of fused-ring (bicyclic) bond motifs is 1. The lowest BCUT2D eigenvalue weighted by atomic mass is 9.97. The highest BCUT2D eigenvalue weighted by Crippen LogP contribution is 2.40. The SMILES string of the molecule is CC1(C)COc2cc(CC3CCCN3)cc(Cl)c2OC1. The normalized spacial score (nSPS) is 24.4. The molecule has 1 saturated heterocycles. The first-order valence-corrected chi connectivity index (χ1v) is 7.73. The Hall–Kier alpha value is -0.930. The van der Waals surface area contributed by atoms with Crippen LogP contribution in [0.15, 0.2) is 12.1 Å². The van der Waals surface area contributed by atoms with E-state index >= 15 is 0 Å².